The largest absolute Gasteiger partial charge is 0.444 e. The van der Waals surface area contributed by atoms with Crippen molar-refractivity contribution in [3.8, 4) is 0 Å². The van der Waals surface area contributed by atoms with Crippen molar-refractivity contribution in [3.05, 3.63) is 33.4 Å². The van der Waals surface area contributed by atoms with Gasteiger partial charge < -0.3 is 10.1 Å². The van der Waals surface area contributed by atoms with Crippen LogP contribution >= 0.6 is 22.6 Å². The van der Waals surface area contributed by atoms with E-state index < -0.39 is 17.2 Å². The number of amides is 1. The molecule has 0 saturated carbocycles. The summed E-state index contributed by atoms with van der Waals surface area (Å²) in [6.45, 7) is 9.47. The van der Waals surface area contributed by atoms with Crippen molar-refractivity contribution < 1.29 is 9.53 Å². The van der Waals surface area contributed by atoms with E-state index in [4.69, 9.17) is 4.74 Å². The van der Waals surface area contributed by atoms with Crippen LogP contribution in [0.2, 0.25) is 0 Å². The molecule has 3 nitrogen and oxygen atoms in total. The fourth-order valence-electron chi connectivity index (χ4n) is 1.50. The standard InChI is InChI=1S/C14H20INO2/c1-13(2,3)18-12(17)16-14(4,5)10-6-8-11(15)9-7-10/h6-9H,1-5H3,(H,16,17). The molecule has 0 fully saturated rings. The monoisotopic (exact) mass is 361 g/mol. The first-order chi connectivity index (χ1) is 8.10. The Balaban J connectivity index is 2.75. The molecule has 0 saturated heterocycles. The fourth-order valence-corrected chi connectivity index (χ4v) is 1.86. The van der Waals surface area contributed by atoms with E-state index in [2.05, 4.69) is 27.9 Å². The van der Waals surface area contributed by atoms with Gasteiger partial charge in [0.25, 0.3) is 0 Å². The molecule has 1 rings (SSSR count). The Morgan fingerprint density at radius 2 is 1.61 bits per heavy atom. The molecule has 0 aliphatic carbocycles. The van der Waals surface area contributed by atoms with Crippen molar-refractivity contribution in [3.63, 3.8) is 0 Å². The van der Waals surface area contributed by atoms with Gasteiger partial charge in [-0.2, -0.15) is 0 Å². The average molecular weight is 361 g/mol. The highest BCUT2D eigenvalue weighted by Gasteiger charge is 2.25. The minimum Gasteiger partial charge on any atom is -0.444 e. The molecule has 1 aromatic carbocycles. The first-order valence-corrected chi connectivity index (χ1v) is 6.95. The summed E-state index contributed by atoms with van der Waals surface area (Å²) in [5.74, 6) is 0. The quantitative estimate of drug-likeness (QED) is 0.807. The molecule has 0 atom stereocenters. The second-order valence-corrected chi connectivity index (χ2v) is 7.00. The average Bonchev–Trinajstić information content (AvgIpc) is 2.13. The summed E-state index contributed by atoms with van der Waals surface area (Å²) < 4.78 is 6.44. The first kappa shape index (κ1) is 15.3. The second-order valence-electron chi connectivity index (χ2n) is 5.76. The molecule has 0 spiro atoms. The number of nitrogens with one attached hydrogen (secondary N) is 1. The van der Waals surface area contributed by atoms with Crippen LogP contribution in [0.3, 0.4) is 0 Å². The van der Waals surface area contributed by atoms with Crippen LogP contribution in [-0.4, -0.2) is 11.7 Å². The number of carbonyl (C=O) groups is 1. The summed E-state index contributed by atoms with van der Waals surface area (Å²) in [6.07, 6.45) is -0.397. The molecule has 1 N–H and O–H groups in total. The maximum absolute atomic E-state index is 11.8. The maximum Gasteiger partial charge on any atom is 0.408 e. The van der Waals surface area contributed by atoms with E-state index in [0.29, 0.717) is 0 Å². The minimum absolute atomic E-state index is 0.397. The van der Waals surface area contributed by atoms with Crippen molar-refractivity contribution >= 4 is 28.7 Å². The number of rotatable bonds is 2. The number of carbonyl (C=O) groups excluding carboxylic acids is 1. The van der Waals surface area contributed by atoms with E-state index in [1.165, 1.54) is 3.57 Å². The smallest absolute Gasteiger partial charge is 0.408 e. The third-order valence-electron chi connectivity index (χ3n) is 2.38. The van der Waals surface area contributed by atoms with Crippen LogP contribution in [-0.2, 0) is 10.3 Å². The van der Waals surface area contributed by atoms with Crippen LogP contribution < -0.4 is 5.32 Å². The zero-order chi connectivity index (χ0) is 14.0. The third-order valence-corrected chi connectivity index (χ3v) is 3.10. The van der Waals surface area contributed by atoms with Crippen molar-refractivity contribution in [2.75, 3.05) is 0 Å². The van der Waals surface area contributed by atoms with Gasteiger partial charge in [-0.25, -0.2) is 4.79 Å². The lowest BCUT2D eigenvalue weighted by Crippen LogP contribution is -2.43. The summed E-state index contributed by atoms with van der Waals surface area (Å²) in [5, 5.41) is 2.88. The van der Waals surface area contributed by atoms with Crippen LogP contribution in [0.25, 0.3) is 0 Å². The number of benzene rings is 1. The van der Waals surface area contributed by atoms with E-state index in [0.717, 1.165) is 5.56 Å². The molecule has 1 aromatic rings. The summed E-state index contributed by atoms with van der Waals surface area (Å²) in [4.78, 5) is 11.8. The zero-order valence-electron chi connectivity index (χ0n) is 11.5. The van der Waals surface area contributed by atoms with Gasteiger partial charge >= 0.3 is 6.09 Å². The van der Waals surface area contributed by atoms with Gasteiger partial charge in [-0.05, 0) is 74.9 Å². The van der Waals surface area contributed by atoms with Crippen LogP contribution in [0.5, 0.6) is 0 Å². The lowest BCUT2D eigenvalue weighted by molar-refractivity contribution is 0.0470. The predicted octanol–water partition coefficient (Wildman–Crippen LogP) is 4.05. The molecule has 4 heteroatoms. The molecule has 0 bridgehead atoms. The normalized spacial score (nSPS) is 12.1. The predicted molar refractivity (Wildman–Crippen MR) is 81.6 cm³/mol. The third kappa shape index (κ3) is 4.84. The maximum atomic E-state index is 11.8. The van der Waals surface area contributed by atoms with Gasteiger partial charge in [0.05, 0.1) is 5.54 Å². The van der Waals surface area contributed by atoms with Crippen LogP contribution in [0, 0.1) is 3.57 Å². The van der Waals surface area contributed by atoms with E-state index in [1.54, 1.807) is 0 Å². The first-order valence-electron chi connectivity index (χ1n) is 5.87. The molecule has 0 unspecified atom stereocenters. The van der Waals surface area contributed by atoms with E-state index in [1.807, 2.05) is 58.9 Å². The highest BCUT2D eigenvalue weighted by atomic mass is 127. The Labute approximate surface area is 122 Å². The number of hydrogen-bond donors (Lipinski definition) is 1. The molecular weight excluding hydrogens is 341 g/mol. The van der Waals surface area contributed by atoms with Crippen molar-refractivity contribution in [1.29, 1.82) is 0 Å². The van der Waals surface area contributed by atoms with Crippen molar-refractivity contribution in [2.45, 2.75) is 45.8 Å². The second kappa shape index (κ2) is 5.47. The molecule has 1 amide bonds. The lowest BCUT2D eigenvalue weighted by Gasteiger charge is -2.29. The summed E-state index contributed by atoms with van der Waals surface area (Å²) in [7, 11) is 0. The zero-order valence-corrected chi connectivity index (χ0v) is 13.7. The molecule has 0 aliphatic rings. The van der Waals surface area contributed by atoms with Gasteiger partial charge in [0, 0.05) is 3.57 Å². The summed E-state index contributed by atoms with van der Waals surface area (Å²) in [6, 6.07) is 8.07. The molecular formula is C14H20INO2. The Morgan fingerprint density at radius 1 is 1.11 bits per heavy atom. The highest BCUT2D eigenvalue weighted by Crippen LogP contribution is 2.21. The van der Waals surface area contributed by atoms with E-state index >= 15 is 0 Å². The molecule has 18 heavy (non-hydrogen) atoms. The van der Waals surface area contributed by atoms with Gasteiger partial charge in [0.15, 0.2) is 0 Å². The topological polar surface area (TPSA) is 38.3 Å². The minimum atomic E-state index is -0.480. The van der Waals surface area contributed by atoms with Gasteiger partial charge in [-0.3, -0.25) is 0 Å². The van der Waals surface area contributed by atoms with E-state index in [-0.39, 0.29) is 0 Å². The van der Waals surface area contributed by atoms with Crippen LogP contribution in [0.1, 0.15) is 40.2 Å². The molecule has 100 valence electrons. The molecule has 0 heterocycles. The van der Waals surface area contributed by atoms with Crippen molar-refractivity contribution in [2.24, 2.45) is 0 Å². The van der Waals surface area contributed by atoms with Gasteiger partial charge in [0.1, 0.15) is 5.60 Å². The van der Waals surface area contributed by atoms with Gasteiger partial charge in [-0.15, -0.1) is 0 Å². The summed E-state index contributed by atoms with van der Waals surface area (Å²) >= 11 is 2.26. The SMILES string of the molecule is CC(C)(C)OC(=O)NC(C)(C)c1ccc(I)cc1. The Bertz CT molecular complexity index is 418. The highest BCUT2D eigenvalue weighted by molar-refractivity contribution is 14.1. The Kier molecular flexibility index (Phi) is 4.64. The van der Waals surface area contributed by atoms with Crippen molar-refractivity contribution in [1.82, 2.24) is 5.32 Å². The Morgan fingerprint density at radius 3 is 2.06 bits per heavy atom. The fraction of sp³-hybridized carbons (Fsp3) is 0.500. The Hall–Kier alpha value is -0.780. The molecule has 0 aromatic heterocycles. The van der Waals surface area contributed by atoms with Crippen LogP contribution in [0.15, 0.2) is 24.3 Å². The van der Waals surface area contributed by atoms with E-state index in [9.17, 15) is 4.79 Å². The number of ether oxygens (including phenoxy) is 1. The lowest BCUT2D eigenvalue weighted by atomic mass is 9.95. The number of hydrogen-bond acceptors (Lipinski definition) is 2. The van der Waals surface area contributed by atoms with Gasteiger partial charge in [0.2, 0.25) is 0 Å². The van der Waals surface area contributed by atoms with Gasteiger partial charge in [-0.1, -0.05) is 12.1 Å². The molecule has 0 aliphatic heterocycles. The number of halogens is 1. The number of alkyl carbamates (subject to hydrolysis) is 1. The summed E-state index contributed by atoms with van der Waals surface area (Å²) in [5.41, 5.74) is 0.118. The van der Waals surface area contributed by atoms with Crippen LogP contribution in [0.4, 0.5) is 4.79 Å². The molecule has 0 radical (unpaired) electrons.